The summed E-state index contributed by atoms with van der Waals surface area (Å²) in [6.45, 7) is 0. The molecule has 0 aromatic carbocycles. The highest BCUT2D eigenvalue weighted by Gasteiger charge is 2.29. The second-order valence-corrected chi connectivity index (χ2v) is 5.00. The molecule has 0 saturated carbocycles. The highest BCUT2D eigenvalue weighted by molar-refractivity contribution is 8.68. The summed E-state index contributed by atoms with van der Waals surface area (Å²) in [5.41, 5.74) is 0. The summed E-state index contributed by atoms with van der Waals surface area (Å²) in [5.74, 6) is -1.29. The van der Waals surface area contributed by atoms with Gasteiger partial charge in [-0.05, 0) is 6.42 Å². The van der Waals surface area contributed by atoms with Crippen molar-refractivity contribution in [2.24, 2.45) is 0 Å². The van der Waals surface area contributed by atoms with E-state index in [4.69, 9.17) is 9.66 Å². The SMILES string of the molecule is O=C(O)C(CCSS)S(=O)(=O)O. The summed E-state index contributed by atoms with van der Waals surface area (Å²) in [4.78, 5) is 10.3. The van der Waals surface area contributed by atoms with Gasteiger partial charge in [-0.2, -0.15) is 8.42 Å². The van der Waals surface area contributed by atoms with E-state index in [9.17, 15) is 13.2 Å². The lowest BCUT2D eigenvalue weighted by atomic mass is 10.3. The number of thiol groups is 1. The van der Waals surface area contributed by atoms with Gasteiger partial charge >= 0.3 is 5.97 Å². The Bertz CT molecular complexity index is 245. The van der Waals surface area contributed by atoms with Gasteiger partial charge in [-0.15, -0.1) is 11.7 Å². The van der Waals surface area contributed by atoms with Gasteiger partial charge in [-0.1, -0.05) is 10.8 Å². The Morgan fingerprint density at radius 1 is 1.58 bits per heavy atom. The van der Waals surface area contributed by atoms with Gasteiger partial charge in [0.15, 0.2) is 5.25 Å². The van der Waals surface area contributed by atoms with Crippen molar-refractivity contribution in [3.05, 3.63) is 0 Å². The Hall–Kier alpha value is 0.0800. The van der Waals surface area contributed by atoms with Crippen LogP contribution in [0.1, 0.15) is 6.42 Å². The molecule has 0 amide bonds. The minimum atomic E-state index is -4.48. The molecule has 5 nitrogen and oxygen atoms in total. The van der Waals surface area contributed by atoms with Crippen molar-refractivity contribution < 1.29 is 22.9 Å². The Balaban J connectivity index is 4.36. The molecule has 0 aromatic heterocycles. The maximum absolute atomic E-state index is 10.4. The average molecular weight is 232 g/mol. The van der Waals surface area contributed by atoms with Crippen molar-refractivity contribution in [1.29, 1.82) is 0 Å². The van der Waals surface area contributed by atoms with Crippen molar-refractivity contribution in [3.63, 3.8) is 0 Å². The third-order valence-corrected chi connectivity index (χ3v) is 3.23. The third-order valence-electron chi connectivity index (χ3n) is 1.11. The summed E-state index contributed by atoms with van der Waals surface area (Å²) in [5, 5.41) is 6.62. The number of hydrogen-bond donors (Lipinski definition) is 3. The van der Waals surface area contributed by atoms with Gasteiger partial charge in [0.2, 0.25) is 0 Å². The molecule has 0 aromatic rings. The Labute approximate surface area is 79.1 Å². The molecule has 0 fully saturated rings. The van der Waals surface area contributed by atoms with Crippen LogP contribution in [0.4, 0.5) is 0 Å². The molecular weight excluding hydrogens is 224 g/mol. The van der Waals surface area contributed by atoms with E-state index in [2.05, 4.69) is 11.7 Å². The van der Waals surface area contributed by atoms with Gasteiger partial charge in [0.05, 0.1) is 0 Å². The van der Waals surface area contributed by atoms with Crippen LogP contribution in [0.3, 0.4) is 0 Å². The molecule has 72 valence electrons. The number of hydrogen-bond acceptors (Lipinski definition) is 5. The van der Waals surface area contributed by atoms with Crippen LogP contribution in [-0.2, 0) is 14.9 Å². The van der Waals surface area contributed by atoms with E-state index in [1.165, 1.54) is 0 Å². The van der Waals surface area contributed by atoms with Crippen LogP contribution < -0.4 is 0 Å². The molecule has 1 unspecified atom stereocenters. The number of carboxylic acid groups (broad SMARTS) is 1. The van der Waals surface area contributed by atoms with E-state index >= 15 is 0 Å². The predicted octanol–water partition coefficient (Wildman–Crippen LogP) is 0.296. The van der Waals surface area contributed by atoms with E-state index in [-0.39, 0.29) is 12.2 Å². The van der Waals surface area contributed by atoms with E-state index < -0.39 is 21.3 Å². The molecule has 8 heteroatoms. The van der Waals surface area contributed by atoms with Gasteiger partial charge in [-0.3, -0.25) is 9.35 Å². The highest BCUT2D eigenvalue weighted by atomic mass is 33.1. The molecule has 1 atom stereocenters. The Morgan fingerprint density at radius 2 is 2.08 bits per heavy atom. The van der Waals surface area contributed by atoms with Crippen molar-refractivity contribution in [2.75, 3.05) is 5.75 Å². The maximum Gasteiger partial charge on any atom is 0.324 e. The predicted molar refractivity (Wildman–Crippen MR) is 49.0 cm³/mol. The van der Waals surface area contributed by atoms with Crippen LogP contribution in [0.15, 0.2) is 0 Å². The minimum absolute atomic E-state index is 0.150. The van der Waals surface area contributed by atoms with Gasteiger partial charge in [0.25, 0.3) is 10.1 Å². The van der Waals surface area contributed by atoms with Crippen LogP contribution >= 0.6 is 22.5 Å². The van der Waals surface area contributed by atoms with E-state index in [0.29, 0.717) is 0 Å². The largest absolute Gasteiger partial charge is 0.480 e. The maximum atomic E-state index is 10.4. The molecule has 0 rings (SSSR count). The summed E-state index contributed by atoms with van der Waals surface area (Å²) in [7, 11) is -3.46. The Morgan fingerprint density at radius 3 is 2.33 bits per heavy atom. The number of aliphatic carboxylic acids is 1. The second-order valence-electron chi connectivity index (χ2n) is 1.96. The molecule has 0 aliphatic heterocycles. The first-order valence-corrected chi connectivity index (χ1v) is 6.39. The number of rotatable bonds is 5. The van der Waals surface area contributed by atoms with Crippen molar-refractivity contribution in [3.8, 4) is 0 Å². The van der Waals surface area contributed by atoms with Gasteiger partial charge < -0.3 is 5.11 Å². The zero-order valence-electron chi connectivity index (χ0n) is 5.87. The average Bonchev–Trinajstić information content (AvgIpc) is 1.84. The molecule has 0 heterocycles. The molecule has 0 saturated heterocycles. The molecule has 0 aliphatic carbocycles. The van der Waals surface area contributed by atoms with Gasteiger partial charge in [0, 0.05) is 5.75 Å². The first-order valence-electron chi connectivity index (χ1n) is 2.85. The van der Waals surface area contributed by atoms with Crippen LogP contribution in [0.25, 0.3) is 0 Å². The summed E-state index contributed by atoms with van der Waals surface area (Å²) >= 11 is 3.71. The molecule has 0 spiro atoms. The lowest BCUT2D eigenvalue weighted by Gasteiger charge is -2.06. The second kappa shape index (κ2) is 4.95. The van der Waals surface area contributed by atoms with Crippen molar-refractivity contribution in [2.45, 2.75) is 11.7 Å². The van der Waals surface area contributed by atoms with Crippen molar-refractivity contribution >= 4 is 38.5 Å². The summed E-state index contributed by atoms with van der Waals surface area (Å²) in [6, 6.07) is 0. The van der Waals surface area contributed by atoms with Crippen LogP contribution in [0.5, 0.6) is 0 Å². The number of carbonyl (C=O) groups is 1. The molecule has 0 radical (unpaired) electrons. The summed E-state index contributed by atoms with van der Waals surface area (Å²) in [6.07, 6.45) is -0.150. The molecule has 12 heavy (non-hydrogen) atoms. The Kier molecular flexibility index (Phi) is 4.98. The van der Waals surface area contributed by atoms with E-state index in [1.54, 1.807) is 0 Å². The fourth-order valence-electron chi connectivity index (χ4n) is 0.560. The lowest BCUT2D eigenvalue weighted by Crippen LogP contribution is -2.30. The lowest BCUT2D eigenvalue weighted by molar-refractivity contribution is -0.136. The van der Waals surface area contributed by atoms with E-state index in [1.807, 2.05) is 0 Å². The van der Waals surface area contributed by atoms with Gasteiger partial charge in [-0.25, -0.2) is 0 Å². The van der Waals surface area contributed by atoms with Gasteiger partial charge in [0.1, 0.15) is 0 Å². The zero-order valence-corrected chi connectivity index (χ0v) is 8.40. The summed E-state index contributed by atoms with van der Waals surface area (Å²) < 4.78 is 29.3. The fourth-order valence-corrected chi connectivity index (χ4v) is 2.04. The third kappa shape index (κ3) is 4.19. The molecular formula is C4H8O5S3. The topological polar surface area (TPSA) is 91.7 Å². The van der Waals surface area contributed by atoms with Crippen LogP contribution in [-0.4, -0.2) is 35.0 Å². The smallest absolute Gasteiger partial charge is 0.324 e. The fraction of sp³-hybridized carbons (Fsp3) is 0.750. The van der Waals surface area contributed by atoms with Crippen LogP contribution in [0, 0.1) is 0 Å². The minimum Gasteiger partial charge on any atom is -0.480 e. The first kappa shape index (κ1) is 12.1. The molecule has 2 N–H and O–H groups in total. The standard InChI is InChI=1S/C4H8O5S3/c5-4(6)3(1-2-11-10)12(7,8)9/h3,10H,1-2H2,(H,5,6)(H,7,8,9). The highest BCUT2D eigenvalue weighted by Crippen LogP contribution is 2.12. The normalized spacial score (nSPS) is 14.2. The molecule has 0 aliphatic rings. The first-order chi connectivity index (χ1) is 5.39. The van der Waals surface area contributed by atoms with Crippen molar-refractivity contribution in [1.82, 2.24) is 0 Å². The monoisotopic (exact) mass is 232 g/mol. The van der Waals surface area contributed by atoms with Crippen LogP contribution in [0.2, 0.25) is 0 Å². The molecule has 0 bridgehead atoms. The number of carboxylic acids is 1. The zero-order chi connectivity index (χ0) is 9.78. The van der Waals surface area contributed by atoms with E-state index in [0.717, 1.165) is 10.8 Å². The quantitative estimate of drug-likeness (QED) is 0.358.